The highest BCUT2D eigenvalue weighted by atomic mass is 32.2. The van der Waals surface area contributed by atoms with Gasteiger partial charge in [-0.15, -0.1) is 11.8 Å². The Bertz CT molecular complexity index is 611. The summed E-state index contributed by atoms with van der Waals surface area (Å²) in [5.41, 5.74) is 1.09. The maximum atomic E-state index is 12.1. The number of hydrogen-bond acceptors (Lipinski definition) is 4. The molecule has 1 heterocycles. The molecule has 1 aromatic carbocycles. The number of H-pyrrole nitrogens is 1. The predicted octanol–water partition coefficient (Wildman–Crippen LogP) is 1.56. The van der Waals surface area contributed by atoms with Crippen LogP contribution < -0.4 is 5.32 Å². The molecule has 0 saturated heterocycles. The Morgan fingerprint density at radius 1 is 1.38 bits per heavy atom. The van der Waals surface area contributed by atoms with Gasteiger partial charge in [-0.3, -0.25) is 4.79 Å². The SMILES string of the molecule is CSc1ccc(C(=O)N[C@H](Cc2cnc[nH]2)C(=O)O)cc1. The molecule has 0 radical (unpaired) electrons. The minimum absolute atomic E-state index is 0.157. The lowest BCUT2D eigenvalue weighted by molar-refractivity contribution is -0.139. The smallest absolute Gasteiger partial charge is 0.326 e. The third kappa shape index (κ3) is 4.09. The van der Waals surface area contributed by atoms with Crippen LogP contribution >= 0.6 is 11.8 Å². The van der Waals surface area contributed by atoms with Gasteiger partial charge in [0.15, 0.2) is 0 Å². The second kappa shape index (κ2) is 6.94. The molecule has 0 aliphatic rings. The van der Waals surface area contributed by atoms with Crippen molar-refractivity contribution in [3.63, 3.8) is 0 Å². The van der Waals surface area contributed by atoms with Crippen molar-refractivity contribution >= 4 is 23.6 Å². The number of carboxylic acids is 1. The van der Waals surface area contributed by atoms with Gasteiger partial charge in [0.1, 0.15) is 6.04 Å². The number of imidazole rings is 1. The summed E-state index contributed by atoms with van der Waals surface area (Å²) in [4.78, 5) is 31.0. The molecule has 21 heavy (non-hydrogen) atoms. The van der Waals surface area contributed by atoms with Gasteiger partial charge in [0.05, 0.1) is 6.33 Å². The minimum Gasteiger partial charge on any atom is -0.480 e. The van der Waals surface area contributed by atoms with Gasteiger partial charge < -0.3 is 15.4 Å². The summed E-state index contributed by atoms with van der Waals surface area (Å²) in [7, 11) is 0. The molecule has 7 heteroatoms. The molecule has 110 valence electrons. The van der Waals surface area contributed by atoms with E-state index in [1.807, 2.05) is 18.4 Å². The number of carbonyl (C=O) groups excluding carboxylic acids is 1. The molecule has 0 fully saturated rings. The first-order chi connectivity index (χ1) is 10.1. The molecule has 2 rings (SSSR count). The van der Waals surface area contributed by atoms with Crippen LogP contribution in [0.15, 0.2) is 41.7 Å². The zero-order valence-corrected chi connectivity index (χ0v) is 12.2. The number of nitrogens with one attached hydrogen (secondary N) is 2. The monoisotopic (exact) mass is 305 g/mol. The van der Waals surface area contributed by atoms with E-state index in [9.17, 15) is 14.7 Å². The molecule has 1 amide bonds. The average Bonchev–Trinajstić information content (AvgIpc) is 2.99. The first-order valence-electron chi connectivity index (χ1n) is 6.25. The molecule has 1 atom stereocenters. The number of benzene rings is 1. The topological polar surface area (TPSA) is 95.1 Å². The number of carbonyl (C=O) groups is 2. The first kappa shape index (κ1) is 15.1. The third-order valence-electron chi connectivity index (χ3n) is 2.93. The van der Waals surface area contributed by atoms with Gasteiger partial charge in [-0.2, -0.15) is 0 Å². The number of rotatable bonds is 6. The van der Waals surface area contributed by atoms with Crippen molar-refractivity contribution in [1.29, 1.82) is 0 Å². The maximum Gasteiger partial charge on any atom is 0.326 e. The van der Waals surface area contributed by atoms with E-state index in [0.717, 1.165) is 4.90 Å². The number of aromatic nitrogens is 2. The minimum atomic E-state index is -1.08. The summed E-state index contributed by atoms with van der Waals surface area (Å²) in [6.45, 7) is 0. The lowest BCUT2D eigenvalue weighted by atomic mass is 10.1. The van der Waals surface area contributed by atoms with Gasteiger partial charge in [-0.25, -0.2) is 9.78 Å². The van der Waals surface area contributed by atoms with Crippen LogP contribution in [0.2, 0.25) is 0 Å². The van der Waals surface area contributed by atoms with E-state index in [2.05, 4.69) is 15.3 Å². The molecule has 0 aliphatic heterocycles. The fourth-order valence-corrected chi connectivity index (χ4v) is 2.21. The van der Waals surface area contributed by atoms with Crippen LogP contribution in [0.25, 0.3) is 0 Å². The van der Waals surface area contributed by atoms with Crippen LogP contribution in [0.1, 0.15) is 16.1 Å². The van der Waals surface area contributed by atoms with E-state index >= 15 is 0 Å². The van der Waals surface area contributed by atoms with Crippen molar-refractivity contribution in [2.75, 3.05) is 6.26 Å². The summed E-state index contributed by atoms with van der Waals surface area (Å²) in [6, 6.07) is 6.00. The van der Waals surface area contributed by atoms with Crippen LogP contribution in [-0.4, -0.2) is 39.2 Å². The van der Waals surface area contributed by atoms with Gasteiger partial charge in [-0.05, 0) is 30.5 Å². The molecular formula is C14H15N3O3S. The summed E-state index contributed by atoms with van der Waals surface area (Å²) < 4.78 is 0. The zero-order chi connectivity index (χ0) is 15.2. The molecule has 3 N–H and O–H groups in total. The van der Waals surface area contributed by atoms with E-state index in [-0.39, 0.29) is 6.42 Å². The van der Waals surface area contributed by atoms with Gasteiger partial charge in [0.2, 0.25) is 0 Å². The molecule has 2 aromatic rings. The molecule has 6 nitrogen and oxygen atoms in total. The van der Waals surface area contributed by atoms with Crippen molar-refractivity contribution in [3.05, 3.63) is 48.0 Å². The summed E-state index contributed by atoms with van der Waals surface area (Å²) in [6.07, 6.45) is 5.11. The highest BCUT2D eigenvalue weighted by Crippen LogP contribution is 2.15. The first-order valence-corrected chi connectivity index (χ1v) is 7.47. The Kier molecular flexibility index (Phi) is 4.99. The quantitative estimate of drug-likeness (QED) is 0.704. The van der Waals surface area contributed by atoms with Gasteiger partial charge in [0.25, 0.3) is 5.91 Å². The fourth-order valence-electron chi connectivity index (χ4n) is 1.80. The number of aromatic amines is 1. The fraction of sp³-hybridized carbons (Fsp3) is 0.214. The molecule has 0 aliphatic carbocycles. The Hall–Kier alpha value is -2.28. The predicted molar refractivity (Wildman–Crippen MR) is 79.4 cm³/mol. The third-order valence-corrected chi connectivity index (χ3v) is 3.68. The van der Waals surface area contributed by atoms with E-state index in [4.69, 9.17) is 0 Å². The van der Waals surface area contributed by atoms with Crippen molar-refractivity contribution in [2.45, 2.75) is 17.4 Å². The molecule has 0 saturated carbocycles. The van der Waals surface area contributed by atoms with Crippen molar-refractivity contribution in [2.24, 2.45) is 0 Å². The Balaban J connectivity index is 2.05. The van der Waals surface area contributed by atoms with Crippen LogP contribution in [-0.2, 0) is 11.2 Å². The molecule has 1 aromatic heterocycles. The van der Waals surface area contributed by atoms with Crippen LogP contribution in [0.5, 0.6) is 0 Å². The van der Waals surface area contributed by atoms with E-state index < -0.39 is 17.9 Å². The Morgan fingerprint density at radius 2 is 2.10 bits per heavy atom. The lowest BCUT2D eigenvalue weighted by Crippen LogP contribution is -2.42. The number of aliphatic carboxylic acids is 1. The standard InChI is InChI=1S/C14H15N3O3S/c1-21-11-4-2-9(3-5-11)13(18)17-12(14(19)20)6-10-7-15-8-16-10/h2-5,7-8,12H,6H2,1H3,(H,15,16)(H,17,18)(H,19,20)/t12-/m1/s1. The zero-order valence-electron chi connectivity index (χ0n) is 11.4. The molecule has 0 unspecified atom stereocenters. The number of nitrogens with zero attached hydrogens (tertiary/aromatic N) is 1. The Morgan fingerprint density at radius 3 is 2.62 bits per heavy atom. The van der Waals surface area contributed by atoms with E-state index in [0.29, 0.717) is 11.3 Å². The second-order valence-electron chi connectivity index (χ2n) is 4.37. The summed E-state index contributed by atoms with van der Waals surface area (Å²) in [5, 5.41) is 11.7. The van der Waals surface area contributed by atoms with Gasteiger partial charge in [0, 0.05) is 28.8 Å². The second-order valence-corrected chi connectivity index (χ2v) is 5.25. The van der Waals surface area contributed by atoms with Crippen molar-refractivity contribution in [1.82, 2.24) is 15.3 Å². The molecule has 0 spiro atoms. The van der Waals surface area contributed by atoms with E-state index in [1.165, 1.54) is 12.5 Å². The van der Waals surface area contributed by atoms with E-state index in [1.54, 1.807) is 23.9 Å². The number of amides is 1. The number of thioether (sulfide) groups is 1. The highest BCUT2D eigenvalue weighted by molar-refractivity contribution is 7.98. The number of hydrogen-bond donors (Lipinski definition) is 3. The van der Waals surface area contributed by atoms with Crippen molar-refractivity contribution < 1.29 is 14.7 Å². The normalized spacial score (nSPS) is 11.9. The molecular weight excluding hydrogens is 290 g/mol. The largest absolute Gasteiger partial charge is 0.480 e. The summed E-state index contributed by atoms with van der Waals surface area (Å²) in [5.74, 6) is -1.49. The summed E-state index contributed by atoms with van der Waals surface area (Å²) >= 11 is 1.57. The lowest BCUT2D eigenvalue weighted by Gasteiger charge is -2.13. The maximum absolute atomic E-state index is 12.1. The van der Waals surface area contributed by atoms with Crippen molar-refractivity contribution in [3.8, 4) is 0 Å². The van der Waals surface area contributed by atoms with Gasteiger partial charge in [-0.1, -0.05) is 0 Å². The van der Waals surface area contributed by atoms with Crippen LogP contribution in [0.4, 0.5) is 0 Å². The Labute approximate surface area is 126 Å². The highest BCUT2D eigenvalue weighted by Gasteiger charge is 2.21. The average molecular weight is 305 g/mol. The van der Waals surface area contributed by atoms with Crippen LogP contribution in [0, 0.1) is 0 Å². The van der Waals surface area contributed by atoms with Crippen LogP contribution in [0.3, 0.4) is 0 Å². The van der Waals surface area contributed by atoms with Gasteiger partial charge >= 0.3 is 5.97 Å². The number of carboxylic acid groups (broad SMARTS) is 1. The molecule has 0 bridgehead atoms.